The second-order valence-electron chi connectivity index (χ2n) is 4.60. The van der Waals surface area contributed by atoms with Crippen molar-refractivity contribution in [2.45, 2.75) is 25.0 Å². The number of hydrogen-bond donors (Lipinski definition) is 1. The van der Waals surface area contributed by atoms with Crippen molar-refractivity contribution < 1.29 is 0 Å². The minimum absolute atomic E-state index is 0.312. The van der Waals surface area contributed by atoms with Crippen molar-refractivity contribution in [1.29, 1.82) is 0 Å². The Labute approximate surface area is 118 Å². The number of rotatable bonds is 5. The monoisotopic (exact) mass is 273 g/mol. The molecule has 1 atom stereocenters. The van der Waals surface area contributed by atoms with Gasteiger partial charge in [-0.3, -0.25) is 0 Å². The number of aromatic nitrogens is 2. The molecule has 1 unspecified atom stereocenters. The van der Waals surface area contributed by atoms with Crippen LogP contribution < -0.4 is 5.32 Å². The number of nitrogens with one attached hydrogen (secondary N) is 1. The fourth-order valence-electron chi connectivity index (χ4n) is 2.08. The zero-order chi connectivity index (χ0) is 13.7. The molecule has 0 fully saturated rings. The van der Waals surface area contributed by atoms with Crippen LogP contribution in [0.3, 0.4) is 0 Å². The first-order valence-corrected chi connectivity index (χ1v) is 7.33. The fraction of sp³-hybridized carbons (Fsp3) is 0.333. The Kier molecular flexibility index (Phi) is 4.93. The van der Waals surface area contributed by atoms with E-state index in [0.717, 1.165) is 10.9 Å². The lowest BCUT2D eigenvalue weighted by Crippen LogP contribution is -2.19. The van der Waals surface area contributed by atoms with Gasteiger partial charge in [-0.25, -0.2) is 9.97 Å². The van der Waals surface area contributed by atoms with Gasteiger partial charge in [0.15, 0.2) is 5.16 Å². The maximum absolute atomic E-state index is 4.24. The van der Waals surface area contributed by atoms with Crippen molar-refractivity contribution in [3.63, 3.8) is 0 Å². The number of benzene rings is 1. The van der Waals surface area contributed by atoms with Gasteiger partial charge < -0.3 is 5.32 Å². The van der Waals surface area contributed by atoms with E-state index < -0.39 is 0 Å². The third-order valence-corrected chi connectivity index (χ3v) is 3.89. The van der Waals surface area contributed by atoms with Gasteiger partial charge in [0, 0.05) is 24.2 Å². The summed E-state index contributed by atoms with van der Waals surface area (Å²) >= 11 is 1.67. The SMILES string of the molecule is CNC(CSc1ncccn1)c1cc(C)cc(C)c1. The van der Waals surface area contributed by atoms with Gasteiger partial charge >= 0.3 is 0 Å². The molecule has 2 aromatic rings. The summed E-state index contributed by atoms with van der Waals surface area (Å²) in [5.41, 5.74) is 3.93. The lowest BCUT2D eigenvalue weighted by molar-refractivity contribution is 0.659. The maximum Gasteiger partial charge on any atom is 0.187 e. The molecule has 1 heterocycles. The third-order valence-electron chi connectivity index (χ3n) is 2.92. The molecule has 0 amide bonds. The van der Waals surface area contributed by atoms with Gasteiger partial charge in [0.2, 0.25) is 0 Å². The van der Waals surface area contributed by atoms with Crippen LogP contribution >= 0.6 is 11.8 Å². The van der Waals surface area contributed by atoms with Gasteiger partial charge in [0.1, 0.15) is 0 Å². The highest BCUT2D eigenvalue weighted by molar-refractivity contribution is 7.99. The first-order chi connectivity index (χ1) is 9.19. The van der Waals surface area contributed by atoms with Gasteiger partial charge in [-0.2, -0.15) is 0 Å². The molecular weight excluding hydrogens is 254 g/mol. The lowest BCUT2D eigenvalue weighted by atomic mass is 10.0. The summed E-state index contributed by atoms with van der Waals surface area (Å²) in [4.78, 5) is 8.48. The van der Waals surface area contributed by atoms with E-state index in [1.165, 1.54) is 16.7 Å². The first kappa shape index (κ1) is 14.0. The third kappa shape index (κ3) is 4.04. The summed E-state index contributed by atoms with van der Waals surface area (Å²) in [5, 5.41) is 4.19. The van der Waals surface area contributed by atoms with E-state index in [-0.39, 0.29) is 0 Å². The second-order valence-corrected chi connectivity index (χ2v) is 5.59. The van der Waals surface area contributed by atoms with E-state index in [9.17, 15) is 0 Å². The highest BCUT2D eigenvalue weighted by Gasteiger charge is 2.11. The largest absolute Gasteiger partial charge is 0.312 e. The predicted molar refractivity (Wildman–Crippen MR) is 80.5 cm³/mol. The molecule has 0 saturated heterocycles. The number of nitrogens with zero attached hydrogens (tertiary/aromatic N) is 2. The van der Waals surface area contributed by atoms with Crippen LogP contribution in [0.4, 0.5) is 0 Å². The van der Waals surface area contributed by atoms with E-state index in [4.69, 9.17) is 0 Å². The van der Waals surface area contributed by atoms with Crippen molar-refractivity contribution in [1.82, 2.24) is 15.3 Å². The van der Waals surface area contributed by atoms with E-state index in [0.29, 0.717) is 6.04 Å². The quantitative estimate of drug-likeness (QED) is 0.671. The summed E-state index contributed by atoms with van der Waals surface area (Å²) in [5.74, 6) is 0.920. The Bertz CT molecular complexity index is 508. The molecule has 2 rings (SSSR count). The average molecular weight is 273 g/mol. The molecule has 1 aromatic heterocycles. The molecule has 0 aliphatic heterocycles. The number of hydrogen-bond acceptors (Lipinski definition) is 4. The smallest absolute Gasteiger partial charge is 0.187 e. The van der Waals surface area contributed by atoms with E-state index in [1.807, 2.05) is 13.1 Å². The summed E-state index contributed by atoms with van der Waals surface area (Å²) in [7, 11) is 1.99. The van der Waals surface area contributed by atoms with Gasteiger partial charge in [-0.1, -0.05) is 41.1 Å². The highest BCUT2D eigenvalue weighted by Crippen LogP contribution is 2.23. The molecule has 0 bridgehead atoms. The van der Waals surface area contributed by atoms with Gasteiger partial charge in [-0.15, -0.1) is 0 Å². The topological polar surface area (TPSA) is 37.8 Å². The molecule has 1 N–H and O–H groups in total. The lowest BCUT2D eigenvalue weighted by Gasteiger charge is -2.17. The minimum Gasteiger partial charge on any atom is -0.312 e. The average Bonchev–Trinajstić information content (AvgIpc) is 2.39. The fourth-order valence-corrected chi connectivity index (χ4v) is 3.02. The molecule has 3 nitrogen and oxygen atoms in total. The van der Waals surface area contributed by atoms with Crippen LogP contribution in [0.15, 0.2) is 41.8 Å². The van der Waals surface area contributed by atoms with Crippen LogP contribution in [-0.2, 0) is 0 Å². The molecule has 4 heteroatoms. The van der Waals surface area contributed by atoms with E-state index in [2.05, 4.69) is 47.3 Å². The second kappa shape index (κ2) is 6.68. The van der Waals surface area contributed by atoms with Crippen molar-refractivity contribution in [3.8, 4) is 0 Å². The molecule has 0 spiro atoms. The van der Waals surface area contributed by atoms with Crippen LogP contribution in [0.25, 0.3) is 0 Å². The van der Waals surface area contributed by atoms with Crippen LogP contribution in [0.2, 0.25) is 0 Å². The molecule has 19 heavy (non-hydrogen) atoms. The zero-order valence-corrected chi connectivity index (χ0v) is 12.4. The van der Waals surface area contributed by atoms with Crippen LogP contribution in [0.5, 0.6) is 0 Å². The zero-order valence-electron chi connectivity index (χ0n) is 11.6. The van der Waals surface area contributed by atoms with Crippen LogP contribution in [0.1, 0.15) is 22.7 Å². The van der Waals surface area contributed by atoms with Crippen LogP contribution in [-0.4, -0.2) is 22.8 Å². The summed E-state index contributed by atoms with van der Waals surface area (Å²) in [6, 6.07) is 8.82. The van der Waals surface area contributed by atoms with Crippen molar-refractivity contribution >= 4 is 11.8 Å². The Hall–Kier alpha value is -1.39. The molecule has 0 saturated carbocycles. The van der Waals surface area contributed by atoms with Gasteiger partial charge in [0.05, 0.1) is 0 Å². The molecule has 100 valence electrons. The molecule has 0 aliphatic rings. The van der Waals surface area contributed by atoms with Crippen molar-refractivity contribution in [2.75, 3.05) is 12.8 Å². The van der Waals surface area contributed by atoms with E-state index in [1.54, 1.807) is 24.2 Å². The molecule has 0 radical (unpaired) electrons. The Balaban J connectivity index is 2.07. The van der Waals surface area contributed by atoms with Crippen LogP contribution in [0, 0.1) is 13.8 Å². The predicted octanol–water partition coefficient (Wildman–Crippen LogP) is 3.15. The summed E-state index contributed by atoms with van der Waals surface area (Å²) in [6.45, 7) is 4.27. The highest BCUT2D eigenvalue weighted by atomic mass is 32.2. The molecule has 0 aliphatic carbocycles. The molecule has 1 aromatic carbocycles. The van der Waals surface area contributed by atoms with Gasteiger partial charge in [-0.05, 0) is 32.5 Å². The number of aryl methyl sites for hydroxylation is 2. The standard InChI is InChI=1S/C15H19N3S/c1-11-7-12(2)9-13(8-11)14(16-3)10-19-15-17-5-4-6-18-15/h4-9,14,16H,10H2,1-3H3. The summed E-state index contributed by atoms with van der Waals surface area (Å²) < 4.78 is 0. The number of thioether (sulfide) groups is 1. The van der Waals surface area contributed by atoms with Crippen molar-refractivity contribution in [3.05, 3.63) is 53.3 Å². The van der Waals surface area contributed by atoms with Crippen molar-refractivity contribution in [2.24, 2.45) is 0 Å². The molecular formula is C15H19N3S. The Morgan fingerprint density at radius 1 is 1.11 bits per heavy atom. The van der Waals surface area contributed by atoms with E-state index >= 15 is 0 Å². The first-order valence-electron chi connectivity index (χ1n) is 6.34. The normalized spacial score (nSPS) is 12.4. The maximum atomic E-state index is 4.24. The minimum atomic E-state index is 0.312. The van der Waals surface area contributed by atoms with Gasteiger partial charge in [0.25, 0.3) is 0 Å². The Morgan fingerprint density at radius 3 is 2.32 bits per heavy atom. The summed E-state index contributed by atoms with van der Waals surface area (Å²) in [6.07, 6.45) is 3.56. The Morgan fingerprint density at radius 2 is 1.74 bits per heavy atom.